The quantitative estimate of drug-likeness (QED) is 0.828. The number of para-hydroxylation sites is 2. The number of ether oxygens (including phenoxy) is 1. The van der Waals surface area contributed by atoms with Gasteiger partial charge in [-0.05, 0) is 31.4 Å². The molecule has 4 nitrogen and oxygen atoms in total. The van der Waals surface area contributed by atoms with Crippen LogP contribution in [0.15, 0.2) is 28.7 Å². The van der Waals surface area contributed by atoms with Crippen molar-refractivity contribution < 1.29 is 9.15 Å². The van der Waals surface area contributed by atoms with E-state index in [4.69, 9.17) is 14.9 Å². The Bertz CT molecular complexity index is 490. The number of fused-ring (bicyclic) bond motifs is 1. The van der Waals surface area contributed by atoms with E-state index in [1.54, 1.807) is 0 Å². The van der Waals surface area contributed by atoms with Gasteiger partial charge in [0.05, 0.1) is 0 Å². The van der Waals surface area contributed by atoms with Crippen molar-refractivity contribution in [2.75, 3.05) is 0 Å². The predicted octanol–water partition coefficient (Wildman–Crippen LogP) is 2.87. The second kappa shape index (κ2) is 4.98. The lowest BCUT2D eigenvalue weighted by atomic mass is 10.1. The monoisotopic (exact) mass is 246 g/mol. The van der Waals surface area contributed by atoms with E-state index in [0.717, 1.165) is 23.9 Å². The zero-order valence-electron chi connectivity index (χ0n) is 10.3. The molecule has 2 N–H and O–H groups in total. The first-order valence-corrected chi connectivity index (χ1v) is 6.61. The molecule has 1 heterocycles. The summed E-state index contributed by atoms with van der Waals surface area (Å²) < 4.78 is 11.4. The van der Waals surface area contributed by atoms with Crippen LogP contribution >= 0.6 is 0 Å². The SMILES string of the molecule is NC1CCCCCC1Oc1nc2ccccc2o1. The fourth-order valence-electron chi connectivity index (χ4n) is 2.48. The molecule has 1 aliphatic rings. The molecule has 1 aromatic heterocycles. The number of nitrogens with two attached hydrogens (primary N) is 1. The van der Waals surface area contributed by atoms with Gasteiger partial charge in [-0.15, -0.1) is 0 Å². The molecule has 0 saturated heterocycles. The van der Waals surface area contributed by atoms with Crippen LogP contribution in [-0.2, 0) is 0 Å². The van der Waals surface area contributed by atoms with E-state index in [9.17, 15) is 0 Å². The van der Waals surface area contributed by atoms with E-state index < -0.39 is 0 Å². The van der Waals surface area contributed by atoms with Crippen LogP contribution in [0.4, 0.5) is 0 Å². The van der Waals surface area contributed by atoms with E-state index in [1.807, 2.05) is 24.3 Å². The molecule has 2 unspecified atom stereocenters. The van der Waals surface area contributed by atoms with E-state index in [0.29, 0.717) is 6.08 Å². The number of oxazole rings is 1. The fraction of sp³-hybridized carbons (Fsp3) is 0.500. The molecule has 0 amide bonds. The van der Waals surface area contributed by atoms with Crippen molar-refractivity contribution in [3.8, 4) is 6.08 Å². The number of hydrogen-bond donors (Lipinski definition) is 1. The van der Waals surface area contributed by atoms with E-state index >= 15 is 0 Å². The van der Waals surface area contributed by atoms with Gasteiger partial charge in [-0.1, -0.05) is 25.0 Å². The molecular weight excluding hydrogens is 228 g/mol. The second-order valence-electron chi connectivity index (χ2n) is 4.91. The predicted molar refractivity (Wildman–Crippen MR) is 69.5 cm³/mol. The van der Waals surface area contributed by atoms with Gasteiger partial charge in [0.2, 0.25) is 0 Å². The summed E-state index contributed by atoms with van der Waals surface area (Å²) in [4.78, 5) is 4.33. The summed E-state index contributed by atoms with van der Waals surface area (Å²) in [6, 6.07) is 7.75. The van der Waals surface area contributed by atoms with Gasteiger partial charge >= 0.3 is 6.08 Å². The van der Waals surface area contributed by atoms with Gasteiger partial charge in [0.1, 0.15) is 11.6 Å². The van der Waals surface area contributed by atoms with Crippen LogP contribution < -0.4 is 10.5 Å². The van der Waals surface area contributed by atoms with E-state index in [1.165, 1.54) is 19.3 Å². The molecule has 1 saturated carbocycles. The lowest BCUT2D eigenvalue weighted by Crippen LogP contribution is -2.37. The van der Waals surface area contributed by atoms with Crippen LogP contribution in [-0.4, -0.2) is 17.1 Å². The van der Waals surface area contributed by atoms with Crippen LogP contribution in [0.3, 0.4) is 0 Å². The second-order valence-corrected chi connectivity index (χ2v) is 4.91. The lowest BCUT2D eigenvalue weighted by molar-refractivity contribution is 0.121. The van der Waals surface area contributed by atoms with Gasteiger partial charge < -0.3 is 14.9 Å². The molecule has 2 aromatic rings. The zero-order valence-corrected chi connectivity index (χ0v) is 10.3. The van der Waals surface area contributed by atoms with Crippen molar-refractivity contribution in [3.63, 3.8) is 0 Å². The maximum absolute atomic E-state index is 6.13. The smallest absolute Gasteiger partial charge is 0.394 e. The van der Waals surface area contributed by atoms with Gasteiger partial charge in [0.15, 0.2) is 5.58 Å². The van der Waals surface area contributed by atoms with Gasteiger partial charge in [0.25, 0.3) is 0 Å². The van der Waals surface area contributed by atoms with E-state index in [2.05, 4.69) is 4.98 Å². The maximum atomic E-state index is 6.13. The lowest BCUT2D eigenvalue weighted by Gasteiger charge is -2.20. The summed E-state index contributed by atoms with van der Waals surface area (Å²) in [6.45, 7) is 0. The van der Waals surface area contributed by atoms with Crippen molar-refractivity contribution in [3.05, 3.63) is 24.3 Å². The Kier molecular flexibility index (Phi) is 3.19. The number of hydrogen-bond acceptors (Lipinski definition) is 4. The average Bonchev–Trinajstić information content (AvgIpc) is 2.68. The van der Waals surface area contributed by atoms with Crippen molar-refractivity contribution in [1.29, 1.82) is 0 Å². The van der Waals surface area contributed by atoms with Crippen LogP contribution in [0, 0.1) is 0 Å². The molecule has 0 aliphatic heterocycles. The minimum Gasteiger partial charge on any atom is -0.445 e. The molecular formula is C14H18N2O2. The van der Waals surface area contributed by atoms with Crippen LogP contribution in [0.1, 0.15) is 32.1 Å². The summed E-state index contributed by atoms with van der Waals surface area (Å²) in [5.41, 5.74) is 7.71. The van der Waals surface area contributed by atoms with Crippen LogP contribution in [0.2, 0.25) is 0 Å². The molecule has 1 fully saturated rings. The Morgan fingerprint density at radius 3 is 2.89 bits per heavy atom. The first kappa shape index (κ1) is 11.5. The van der Waals surface area contributed by atoms with Crippen molar-refractivity contribution in [2.45, 2.75) is 44.2 Å². The maximum Gasteiger partial charge on any atom is 0.394 e. The Hall–Kier alpha value is -1.55. The molecule has 0 radical (unpaired) electrons. The standard InChI is InChI=1S/C14H18N2O2/c15-10-6-2-1-3-8-12(10)17-14-16-11-7-4-5-9-13(11)18-14/h4-5,7,9-10,12H,1-3,6,8,15H2. The highest BCUT2D eigenvalue weighted by Gasteiger charge is 2.23. The minimum absolute atomic E-state index is 0.0283. The summed E-state index contributed by atoms with van der Waals surface area (Å²) in [6.07, 6.45) is 5.97. The number of benzene rings is 1. The first-order chi connectivity index (χ1) is 8.83. The molecule has 3 rings (SSSR count). The van der Waals surface area contributed by atoms with Gasteiger partial charge in [-0.2, -0.15) is 4.98 Å². The largest absolute Gasteiger partial charge is 0.445 e. The highest BCUT2D eigenvalue weighted by atomic mass is 16.6. The average molecular weight is 246 g/mol. The van der Waals surface area contributed by atoms with Crippen molar-refractivity contribution in [1.82, 2.24) is 4.98 Å². The van der Waals surface area contributed by atoms with Gasteiger partial charge in [-0.25, -0.2) is 0 Å². The van der Waals surface area contributed by atoms with Gasteiger partial charge in [-0.3, -0.25) is 0 Å². The third-order valence-corrected chi connectivity index (χ3v) is 3.53. The minimum atomic E-state index is 0.0283. The molecule has 0 spiro atoms. The Balaban J connectivity index is 1.78. The molecule has 1 aliphatic carbocycles. The first-order valence-electron chi connectivity index (χ1n) is 6.61. The van der Waals surface area contributed by atoms with Crippen molar-refractivity contribution in [2.24, 2.45) is 5.73 Å². The third kappa shape index (κ3) is 2.34. The third-order valence-electron chi connectivity index (χ3n) is 3.53. The summed E-state index contributed by atoms with van der Waals surface area (Å²) in [5.74, 6) is 0. The Morgan fingerprint density at radius 1 is 1.17 bits per heavy atom. The molecule has 0 bridgehead atoms. The number of nitrogens with zero attached hydrogens (tertiary/aromatic N) is 1. The van der Waals surface area contributed by atoms with Crippen LogP contribution in [0.5, 0.6) is 6.08 Å². The van der Waals surface area contributed by atoms with E-state index in [-0.39, 0.29) is 12.1 Å². The molecule has 1 aromatic carbocycles. The van der Waals surface area contributed by atoms with Crippen molar-refractivity contribution >= 4 is 11.1 Å². The normalized spacial score (nSPS) is 24.9. The zero-order chi connectivity index (χ0) is 12.4. The Morgan fingerprint density at radius 2 is 2.00 bits per heavy atom. The number of rotatable bonds is 2. The molecule has 4 heteroatoms. The Labute approximate surface area is 106 Å². The summed E-state index contributed by atoms with van der Waals surface area (Å²) in [5, 5.41) is 0. The molecule has 96 valence electrons. The topological polar surface area (TPSA) is 61.3 Å². The summed E-state index contributed by atoms with van der Waals surface area (Å²) in [7, 11) is 0. The highest BCUT2D eigenvalue weighted by molar-refractivity contribution is 5.72. The molecule has 2 atom stereocenters. The number of aromatic nitrogens is 1. The van der Waals surface area contributed by atoms with Crippen LogP contribution in [0.25, 0.3) is 11.1 Å². The van der Waals surface area contributed by atoms with Gasteiger partial charge in [0, 0.05) is 6.04 Å². The highest BCUT2D eigenvalue weighted by Crippen LogP contribution is 2.25. The summed E-state index contributed by atoms with van der Waals surface area (Å²) >= 11 is 0. The fourth-order valence-corrected chi connectivity index (χ4v) is 2.48. The molecule has 18 heavy (non-hydrogen) atoms.